The van der Waals surface area contributed by atoms with E-state index in [1.807, 2.05) is 24.3 Å². The van der Waals surface area contributed by atoms with Gasteiger partial charge in [-0.1, -0.05) is 11.6 Å². The lowest BCUT2D eigenvalue weighted by Gasteiger charge is -2.33. The van der Waals surface area contributed by atoms with Crippen LogP contribution in [0.5, 0.6) is 5.75 Å². The number of aromatic carboxylic acids is 1. The number of carbonyl (C=O) groups excluding carboxylic acids is 1. The maximum Gasteiger partial charge on any atom is 0.416 e. The molecule has 2 aliphatic rings. The van der Waals surface area contributed by atoms with E-state index in [-0.39, 0.29) is 17.7 Å². The fraction of sp³-hybridized carbons (Fsp3) is 0.324. The normalized spacial score (nSPS) is 18.0. The maximum atomic E-state index is 13.6. The van der Waals surface area contributed by atoms with E-state index in [0.29, 0.717) is 33.8 Å². The van der Waals surface area contributed by atoms with Crippen molar-refractivity contribution >= 4 is 17.9 Å². The van der Waals surface area contributed by atoms with E-state index in [1.54, 1.807) is 57.0 Å². The summed E-state index contributed by atoms with van der Waals surface area (Å²) in [5.41, 5.74) is 3.41. The molecule has 2 atom stereocenters. The van der Waals surface area contributed by atoms with Gasteiger partial charge in [0.1, 0.15) is 17.7 Å². The van der Waals surface area contributed by atoms with Crippen LogP contribution in [-0.2, 0) is 24.5 Å². The lowest BCUT2D eigenvalue weighted by atomic mass is 9.97. The number of carboxylic acid groups (broad SMARTS) is 1. The molecule has 0 saturated carbocycles. The monoisotopic (exact) mass is 634 g/mol. The van der Waals surface area contributed by atoms with Crippen molar-refractivity contribution in [2.75, 3.05) is 25.1 Å². The molecule has 12 heteroatoms. The molecule has 0 radical (unpaired) electrons. The molecule has 1 N–H and O–H groups in total. The second-order valence-corrected chi connectivity index (χ2v) is 11.8. The van der Waals surface area contributed by atoms with E-state index in [1.165, 1.54) is 4.90 Å². The number of nitrogens with zero attached hydrogens (tertiary/aromatic N) is 4. The number of hydrogen-bond donors (Lipinski definition) is 1. The van der Waals surface area contributed by atoms with Crippen LogP contribution in [0.15, 0.2) is 60.8 Å². The van der Waals surface area contributed by atoms with Crippen molar-refractivity contribution < 1.29 is 37.3 Å². The van der Waals surface area contributed by atoms with Crippen molar-refractivity contribution in [3.05, 3.63) is 88.7 Å². The molecule has 2 aromatic heterocycles. The first-order valence-corrected chi connectivity index (χ1v) is 14.8. The van der Waals surface area contributed by atoms with Gasteiger partial charge in [-0.05, 0) is 79.9 Å². The van der Waals surface area contributed by atoms with Gasteiger partial charge in [-0.15, -0.1) is 0 Å². The van der Waals surface area contributed by atoms with Gasteiger partial charge in [0.25, 0.3) is 0 Å². The minimum Gasteiger partial charge on any atom is -0.496 e. The van der Waals surface area contributed by atoms with Crippen molar-refractivity contribution in [3.8, 4) is 28.1 Å². The molecule has 2 aromatic carbocycles. The zero-order valence-corrected chi connectivity index (χ0v) is 25.8. The maximum absolute atomic E-state index is 13.6. The molecule has 4 aromatic rings. The third-order valence-electron chi connectivity index (χ3n) is 8.64. The molecule has 2 aliphatic heterocycles. The van der Waals surface area contributed by atoms with Crippen LogP contribution in [0.3, 0.4) is 0 Å². The van der Waals surface area contributed by atoms with Gasteiger partial charge in [0.2, 0.25) is 0 Å². The summed E-state index contributed by atoms with van der Waals surface area (Å²) in [6.07, 6.45) is -3.52. The Balaban J connectivity index is 1.40. The fourth-order valence-electron chi connectivity index (χ4n) is 6.08. The summed E-state index contributed by atoms with van der Waals surface area (Å²) in [7, 11) is 3.32. The Hall–Kier alpha value is -5.00. The van der Waals surface area contributed by atoms with Crippen LogP contribution in [0.1, 0.15) is 52.2 Å². The molecule has 0 bridgehead atoms. The number of halogens is 3. The number of hydrogen-bond acceptors (Lipinski definition) is 6. The fourth-order valence-corrected chi connectivity index (χ4v) is 6.08. The largest absolute Gasteiger partial charge is 0.496 e. The Morgan fingerprint density at radius 3 is 2.48 bits per heavy atom. The summed E-state index contributed by atoms with van der Waals surface area (Å²) < 4.78 is 54.0. The molecule has 0 spiro atoms. The Morgan fingerprint density at radius 2 is 1.85 bits per heavy atom. The first-order chi connectivity index (χ1) is 21.8. The van der Waals surface area contributed by atoms with Crippen molar-refractivity contribution in [2.24, 2.45) is 7.05 Å². The average molecular weight is 635 g/mol. The second-order valence-electron chi connectivity index (χ2n) is 11.8. The lowest BCUT2D eigenvalue weighted by molar-refractivity contribution is -0.137. The van der Waals surface area contributed by atoms with E-state index in [4.69, 9.17) is 14.5 Å². The van der Waals surface area contributed by atoms with E-state index in [0.717, 1.165) is 43.0 Å². The first-order valence-electron chi connectivity index (χ1n) is 14.8. The highest BCUT2D eigenvalue weighted by molar-refractivity contribution is 5.90. The van der Waals surface area contributed by atoms with Gasteiger partial charge in [0.05, 0.1) is 36.5 Å². The highest BCUT2D eigenvalue weighted by Crippen LogP contribution is 2.41. The van der Waals surface area contributed by atoms with Gasteiger partial charge in [-0.2, -0.15) is 13.2 Å². The SMILES string of the molecule is COc1ccc(-c2cc(C(=O)O)cn2C)cc1-c1ccc(N2CCC2)nc1CN1C(=O)O[C@H](c2cc(C)cc(C(F)(F)F)c2)[C@@H]1C. The molecule has 240 valence electrons. The molecular formula is C34H33F3N4O5. The predicted octanol–water partition coefficient (Wildman–Crippen LogP) is 7.08. The Labute approximate surface area is 263 Å². The van der Waals surface area contributed by atoms with Gasteiger partial charge in [0.15, 0.2) is 0 Å². The van der Waals surface area contributed by atoms with Crippen LogP contribution in [0, 0.1) is 6.92 Å². The number of carbonyl (C=O) groups is 2. The van der Waals surface area contributed by atoms with E-state index in [2.05, 4.69) is 4.90 Å². The number of methoxy groups -OCH3 is 1. The van der Waals surface area contributed by atoms with Crippen molar-refractivity contribution in [2.45, 2.75) is 45.1 Å². The number of aryl methyl sites for hydroxylation is 2. The topological polar surface area (TPSA) is 97.1 Å². The second kappa shape index (κ2) is 11.7. The summed E-state index contributed by atoms with van der Waals surface area (Å²) in [5.74, 6) is 0.262. The molecule has 2 fully saturated rings. The Morgan fingerprint density at radius 1 is 1.09 bits per heavy atom. The number of pyridine rings is 1. The lowest BCUT2D eigenvalue weighted by Crippen LogP contribution is -2.38. The zero-order chi connectivity index (χ0) is 32.9. The number of benzene rings is 2. The van der Waals surface area contributed by atoms with Crippen LogP contribution in [-0.4, -0.2) is 57.9 Å². The minimum atomic E-state index is -4.54. The van der Waals surface area contributed by atoms with Crippen LogP contribution in [0.25, 0.3) is 22.4 Å². The van der Waals surface area contributed by atoms with Gasteiger partial charge in [-0.25, -0.2) is 14.6 Å². The smallest absolute Gasteiger partial charge is 0.416 e. The first kappa shape index (κ1) is 31.0. The molecule has 46 heavy (non-hydrogen) atoms. The Bertz CT molecular complexity index is 1830. The summed E-state index contributed by atoms with van der Waals surface area (Å²) in [6.45, 7) is 5.06. The number of cyclic esters (lactones) is 1. The van der Waals surface area contributed by atoms with Crippen molar-refractivity contribution in [3.63, 3.8) is 0 Å². The van der Waals surface area contributed by atoms with Gasteiger partial charge < -0.3 is 24.0 Å². The highest BCUT2D eigenvalue weighted by Gasteiger charge is 2.41. The number of ether oxygens (including phenoxy) is 2. The average Bonchev–Trinajstić information content (AvgIpc) is 3.50. The van der Waals surface area contributed by atoms with Crippen LogP contribution in [0.2, 0.25) is 0 Å². The van der Waals surface area contributed by atoms with Crippen molar-refractivity contribution in [1.29, 1.82) is 0 Å². The molecule has 0 unspecified atom stereocenters. The highest BCUT2D eigenvalue weighted by atomic mass is 19.4. The number of aromatic nitrogens is 2. The van der Waals surface area contributed by atoms with Gasteiger partial charge >= 0.3 is 18.2 Å². The molecule has 2 saturated heterocycles. The third-order valence-corrected chi connectivity index (χ3v) is 8.64. The number of amides is 1. The van der Waals surface area contributed by atoms with E-state index >= 15 is 0 Å². The van der Waals surface area contributed by atoms with E-state index < -0.39 is 35.9 Å². The number of rotatable bonds is 8. The molecule has 9 nitrogen and oxygen atoms in total. The predicted molar refractivity (Wildman–Crippen MR) is 165 cm³/mol. The summed E-state index contributed by atoms with van der Waals surface area (Å²) >= 11 is 0. The van der Waals surface area contributed by atoms with Crippen LogP contribution < -0.4 is 9.64 Å². The van der Waals surface area contributed by atoms with Gasteiger partial charge in [-0.3, -0.25) is 4.90 Å². The quantitative estimate of drug-likeness (QED) is 0.221. The third kappa shape index (κ3) is 5.75. The molecular weight excluding hydrogens is 601 g/mol. The van der Waals surface area contributed by atoms with Gasteiger partial charge in [0, 0.05) is 43.2 Å². The number of alkyl halides is 3. The number of carboxylic acids is 1. The molecule has 1 amide bonds. The molecule has 6 rings (SSSR count). The Kier molecular flexibility index (Phi) is 7.91. The molecule has 0 aliphatic carbocycles. The zero-order valence-electron chi connectivity index (χ0n) is 25.8. The van der Waals surface area contributed by atoms with Crippen LogP contribution in [0.4, 0.5) is 23.8 Å². The molecule has 4 heterocycles. The standard InChI is InChI=1S/C34H33F3N4O5/c1-19-12-22(14-24(13-19)34(35,36)37)31-20(2)41(33(44)46-31)18-27-25(7-9-30(38-27)40-10-5-11-40)26-15-21(6-8-29(26)45-4)28-16-23(32(42)43)17-39(28)3/h6-9,12-17,20,31H,5,10-11,18H2,1-4H3,(H,42,43)/t20-,31-/m0/s1. The van der Waals surface area contributed by atoms with Crippen LogP contribution >= 0.6 is 0 Å². The summed E-state index contributed by atoms with van der Waals surface area (Å²) in [6, 6.07) is 14.1. The summed E-state index contributed by atoms with van der Waals surface area (Å²) in [5, 5.41) is 9.51. The number of anilines is 1. The minimum absolute atomic E-state index is 0.0339. The summed E-state index contributed by atoms with van der Waals surface area (Å²) in [4.78, 5) is 33.5. The van der Waals surface area contributed by atoms with Crippen molar-refractivity contribution in [1.82, 2.24) is 14.5 Å². The van der Waals surface area contributed by atoms with E-state index in [9.17, 15) is 27.9 Å².